The molecule has 0 nitrogen and oxygen atoms in total. The van der Waals surface area contributed by atoms with Gasteiger partial charge in [-0.1, -0.05) is 0 Å². The van der Waals surface area contributed by atoms with Crippen LogP contribution in [0.25, 0.3) is 0 Å². The molecule has 0 heterocycles. The average Bonchev–Trinajstić information content (AvgIpc) is 1.88. The molecule has 0 fully saturated rings. The van der Waals surface area contributed by atoms with Crippen molar-refractivity contribution in [2.24, 2.45) is 0 Å². The van der Waals surface area contributed by atoms with Crippen LogP contribution in [0.15, 0.2) is 4.91 Å². The Labute approximate surface area is 77.9 Å². The maximum absolute atomic E-state index is 3.42. The van der Waals surface area contributed by atoms with Crippen LogP contribution in [0.4, 0.5) is 0 Å². The van der Waals surface area contributed by atoms with Gasteiger partial charge in [0, 0.05) is 0 Å². The van der Waals surface area contributed by atoms with Gasteiger partial charge in [0.15, 0.2) is 0 Å². The molecule has 0 spiro atoms. The van der Waals surface area contributed by atoms with Gasteiger partial charge in [0.1, 0.15) is 0 Å². The number of rotatable bonds is 2. The normalized spacial score (nSPS) is 18.3. The van der Waals surface area contributed by atoms with Gasteiger partial charge in [-0.25, -0.2) is 0 Å². The Hall–Kier alpha value is 0.648. The van der Waals surface area contributed by atoms with Gasteiger partial charge in [-0.2, -0.15) is 0 Å². The monoisotopic (exact) mass is 323 g/mol. The van der Waals surface area contributed by atoms with Gasteiger partial charge >= 0.3 is 77.9 Å². The number of hydrogen-bond acceptors (Lipinski definition) is 1. The topological polar surface area (TPSA) is 0 Å². The summed E-state index contributed by atoms with van der Waals surface area (Å²) in [6, 6.07) is 0. The van der Waals surface area contributed by atoms with Crippen molar-refractivity contribution in [2.75, 3.05) is 0 Å². The van der Waals surface area contributed by atoms with Crippen molar-refractivity contribution in [3.05, 3.63) is 11.0 Å². The molecule has 10 heavy (non-hydrogen) atoms. The molecule has 0 aromatic carbocycles. The molecule has 1 aliphatic rings. The first-order valence-electron chi connectivity index (χ1n) is 3.57. The summed E-state index contributed by atoms with van der Waals surface area (Å²) < 4.78 is 1.52. The van der Waals surface area contributed by atoms with Gasteiger partial charge < -0.3 is 0 Å². The predicted molar refractivity (Wildman–Crippen MR) is 43.5 cm³/mol. The van der Waals surface area contributed by atoms with Crippen molar-refractivity contribution in [3.63, 3.8) is 0 Å². The van der Waals surface area contributed by atoms with Crippen LogP contribution in [0.3, 0.4) is 0 Å². The molecule has 56 valence electrons. The van der Waals surface area contributed by atoms with E-state index in [9.17, 15) is 0 Å². The molecule has 0 bridgehead atoms. The van der Waals surface area contributed by atoms with Crippen molar-refractivity contribution in [2.45, 2.75) is 32.6 Å². The molecule has 0 saturated carbocycles. The Morgan fingerprint density at radius 1 is 1.60 bits per heavy atom. The maximum atomic E-state index is 3.42. The molecule has 0 unspecified atom stereocenters. The van der Waals surface area contributed by atoms with E-state index in [1.54, 1.807) is 19.4 Å². The van der Waals surface area contributed by atoms with Crippen molar-refractivity contribution in [1.29, 1.82) is 0 Å². The Morgan fingerprint density at radius 2 is 2.40 bits per heavy atom. The van der Waals surface area contributed by atoms with E-state index in [4.69, 9.17) is 0 Å². The van der Waals surface area contributed by atoms with Gasteiger partial charge in [-0.15, -0.1) is 0 Å². The van der Waals surface area contributed by atoms with Gasteiger partial charge in [-0.3, -0.25) is 0 Å². The predicted octanol–water partition coefficient (Wildman–Crippen LogP) is 2.68. The molecule has 0 aromatic rings. The van der Waals surface area contributed by atoms with Crippen LogP contribution in [-0.4, -0.2) is 3.23 Å². The van der Waals surface area contributed by atoms with E-state index < -0.39 is 0 Å². The fourth-order valence-corrected chi connectivity index (χ4v) is 2.84. The first-order chi connectivity index (χ1) is 4.79. The molecule has 2 heteroatoms. The second kappa shape index (κ2) is 4.51. The van der Waals surface area contributed by atoms with Crippen LogP contribution >= 0.6 is 11.8 Å². The summed E-state index contributed by atoms with van der Waals surface area (Å²) in [6.07, 6.45) is 8.60. The summed E-state index contributed by atoms with van der Waals surface area (Å²) in [7, 11) is 0. The van der Waals surface area contributed by atoms with E-state index in [0.717, 1.165) is 0 Å². The zero-order valence-corrected chi connectivity index (χ0v) is 9.89. The van der Waals surface area contributed by atoms with Crippen LogP contribution in [-0.2, 0) is 19.4 Å². The molecule has 0 atom stereocenters. The Bertz CT molecular complexity index is 161. The van der Waals surface area contributed by atoms with Gasteiger partial charge in [0.25, 0.3) is 0 Å². The molecule has 0 amide bonds. The molecule has 1 aliphatic carbocycles. The van der Waals surface area contributed by atoms with Gasteiger partial charge in [-0.05, 0) is 0 Å². The molecule has 0 aromatic heterocycles. The molecule has 0 N–H and O–H groups in total. The van der Waals surface area contributed by atoms with Crippen LogP contribution in [0.2, 0.25) is 0 Å². The summed E-state index contributed by atoms with van der Waals surface area (Å²) in [5, 5.41) is 0. The van der Waals surface area contributed by atoms with Crippen molar-refractivity contribution in [3.8, 4) is 0 Å². The second-order valence-corrected chi connectivity index (χ2v) is 6.94. The van der Waals surface area contributed by atoms with Gasteiger partial charge in [0.2, 0.25) is 0 Å². The molecular weight excluding hydrogens is 312 g/mol. The van der Waals surface area contributed by atoms with Crippen molar-refractivity contribution < 1.29 is 19.4 Å². The molecular formula is C8H11SW-. The quantitative estimate of drug-likeness (QED) is 0.704. The molecule has 1 rings (SSSR count). The molecule has 0 radical (unpaired) electrons. The zero-order chi connectivity index (χ0) is 7.40. The third kappa shape index (κ3) is 3.16. The first-order valence-corrected chi connectivity index (χ1v) is 5.85. The fourth-order valence-electron chi connectivity index (χ4n) is 0.987. The summed E-state index contributed by atoms with van der Waals surface area (Å²) in [5.41, 5.74) is 0. The standard InChI is InChI=1S/C8H11S.W/c1-2-9-8-6-4-3-5-7-8;/h3-6H2,1H3;/q-1;. The summed E-state index contributed by atoms with van der Waals surface area (Å²) in [5.74, 6) is 0. The van der Waals surface area contributed by atoms with E-state index >= 15 is 0 Å². The fraction of sp³-hybridized carbons (Fsp3) is 0.625. The number of thioether (sulfide) groups is 1. The summed E-state index contributed by atoms with van der Waals surface area (Å²) in [4.78, 5) is 1.48. The van der Waals surface area contributed by atoms with Gasteiger partial charge in [0.05, 0.1) is 0 Å². The summed E-state index contributed by atoms with van der Waals surface area (Å²) >= 11 is 3.53. The minimum absolute atomic E-state index is 1.19. The Morgan fingerprint density at radius 3 is 2.90 bits per heavy atom. The molecule has 0 aliphatic heterocycles. The number of hydrogen-bond donors (Lipinski definition) is 0. The first kappa shape index (κ1) is 8.74. The third-order valence-corrected chi connectivity index (χ3v) is 3.20. The third-order valence-electron chi connectivity index (χ3n) is 1.42. The summed E-state index contributed by atoms with van der Waals surface area (Å²) in [6.45, 7) is 2.20. The van der Waals surface area contributed by atoms with E-state index in [2.05, 4.69) is 13.0 Å². The Kier molecular flexibility index (Phi) is 3.94. The zero-order valence-electron chi connectivity index (χ0n) is 6.14. The Balaban J connectivity index is 2.38. The van der Waals surface area contributed by atoms with Crippen LogP contribution in [0.1, 0.15) is 32.6 Å². The van der Waals surface area contributed by atoms with E-state index in [1.807, 2.05) is 11.8 Å². The number of allylic oxidation sites excluding steroid dienone is 2. The van der Waals surface area contributed by atoms with Crippen LogP contribution in [0, 0.1) is 6.08 Å². The van der Waals surface area contributed by atoms with E-state index in [1.165, 1.54) is 33.8 Å². The van der Waals surface area contributed by atoms with E-state index in [-0.39, 0.29) is 0 Å². The average molecular weight is 323 g/mol. The molecule has 0 saturated heterocycles. The van der Waals surface area contributed by atoms with Crippen LogP contribution < -0.4 is 0 Å². The van der Waals surface area contributed by atoms with Crippen molar-refractivity contribution in [1.82, 2.24) is 0 Å². The minimum atomic E-state index is 1.19. The SMILES string of the molecule is C[C](=[W])SC1=[C-]CCCC1. The second-order valence-electron chi connectivity index (χ2n) is 2.40. The van der Waals surface area contributed by atoms with Crippen molar-refractivity contribution >= 4 is 15.0 Å². The van der Waals surface area contributed by atoms with Crippen LogP contribution in [0.5, 0.6) is 0 Å². The van der Waals surface area contributed by atoms with E-state index in [0.29, 0.717) is 0 Å².